The second-order valence-electron chi connectivity index (χ2n) is 5.21. The van der Waals surface area contributed by atoms with Crippen molar-refractivity contribution in [3.05, 3.63) is 0 Å². The van der Waals surface area contributed by atoms with Gasteiger partial charge in [0.1, 0.15) is 12.2 Å². The molecule has 3 atom stereocenters. The molecular weight excluding hydrogens is 280 g/mol. The van der Waals surface area contributed by atoms with E-state index < -0.39 is 17.9 Å². The lowest BCUT2D eigenvalue weighted by molar-refractivity contribution is -0.138. The number of carbonyl (C=O) groups excluding carboxylic acids is 2. The Labute approximate surface area is 123 Å². The van der Waals surface area contributed by atoms with Gasteiger partial charge in [-0.25, -0.2) is 4.79 Å². The Morgan fingerprint density at radius 1 is 1.19 bits per heavy atom. The summed E-state index contributed by atoms with van der Waals surface area (Å²) in [7, 11) is 3.08. The summed E-state index contributed by atoms with van der Waals surface area (Å²) in [6, 6.07) is -0.510. The van der Waals surface area contributed by atoms with Gasteiger partial charge in [-0.05, 0) is 5.92 Å². The molecule has 0 aliphatic carbocycles. The number of carboxylic acid groups (broad SMARTS) is 1. The van der Waals surface area contributed by atoms with Crippen molar-refractivity contribution in [1.82, 2.24) is 10.2 Å². The molecule has 0 aromatic carbocycles. The second-order valence-corrected chi connectivity index (χ2v) is 5.21. The van der Waals surface area contributed by atoms with Crippen LogP contribution in [-0.4, -0.2) is 67.4 Å². The first kappa shape index (κ1) is 17.4. The smallest absolute Gasteiger partial charge is 0.324 e. The lowest BCUT2D eigenvalue weighted by atomic mass is 10.0. The molecule has 1 heterocycles. The molecule has 120 valence electrons. The summed E-state index contributed by atoms with van der Waals surface area (Å²) in [5, 5.41) is 10.9. The summed E-state index contributed by atoms with van der Waals surface area (Å²) in [6.07, 6.45) is -0.556. The lowest BCUT2D eigenvalue weighted by Gasteiger charge is -2.16. The first-order valence-electron chi connectivity index (χ1n) is 6.73. The van der Waals surface area contributed by atoms with E-state index in [0.717, 1.165) is 0 Å². The number of hydrogen-bond donors (Lipinski definition) is 2. The molecule has 3 unspecified atom stereocenters. The monoisotopic (exact) mass is 302 g/mol. The number of rotatable bonds is 6. The highest BCUT2D eigenvalue weighted by atomic mass is 16.5. The van der Waals surface area contributed by atoms with Gasteiger partial charge < -0.3 is 19.5 Å². The van der Waals surface area contributed by atoms with Gasteiger partial charge in [-0.3, -0.25) is 14.9 Å². The number of methoxy groups -OCH3 is 2. The molecule has 2 N–H and O–H groups in total. The number of ether oxygens (including phenoxy) is 2. The molecule has 1 rings (SSSR count). The number of urea groups is 1. The van der Waals surface area contributed by atoms with Crippen molar-refractivity contribution in [3.8, 4) is 0 Å². The van der Waals surface area contributed by atoms with Crippen molar-refractivity contribution < 1.29 is 29.0 Å². The first-order chi connectivity index (χ1) is 9.87. The number of carboxylic acids is 1. The highest BCUT2D eigenvalue weighted by molar-refractivity contribution is 5.94. The van der Waals surface area contributed by atoms with Crippen molar-refractivity contribution in [2.24, 2.45) is 5.92 Å². The van der Waals surface area contributed by atoms with E-state index in [1.165, 1.54) is 19.1 Å². The van der Waals surface area contributed by atoms with Crippen LogP contribution >= 0.6 is 0 Å². The van der Waals surface area contributed by atoms with E-state index in [1.54, 1.807) is 6.92 Å². The summed E-state index contributed by atoms with van der Waals surface area (Å²) in [5.41, 5.74) is 0. The fourth-order valence-corrected chi connectivity index (χ4v) is 2.30. The van der Waals surface area contributed by atoms with Crippen molar-refractivity contribution in [3.63, 3.8) is 0 Å². The number of likely N-dealkylation sites (tertiary alicyclic amines) is 1. The summed E-state index contributed by atoms with van der Waals surface area (Å²) < 4.78 is 10.4. The van der Waals surface area contributed by atoms with E-state index in [0.29, 0.717) is 13.1 Å². The predicted octanol–water partition coefficient (Wildman–Crippen LogP) is 0.0691. The van der Waals surface area contributed by atoms with Gasteiger partial charge in [-0.1, -0.05) is 6.92 Å². The van der Waals surface area contributed by atoms with Gasteiger partial charge in [0.25, 0.3) is 0 Å². The van der Waals surface area contributed by atoms with Gasteiger partial charge in [0.15, 0.2) is 0 Å². The largest absolute Gasteiger partial charge is 0.481 e. The van der Waals surface area contributed by atoms with Gasteiger partial charge in [0.2, 0.25) is 5.91 Å². The topological polar surface area (TPSA) is 105 Å². The molecule has 0 aromatic rings. The minimum atomic E-state index is -0.966. The molecule has 21 heavy (non-hydrogen) atoms. The normalized spacial score (nSPS) is 22.9. The minimum absolute atomic E-state index is 0.00665. The molecule has 1 aliphatic heterocycles. The summed E-state index contributed by atoms with van der Waals surface area (Å²) in [5.74, 6) is -1.78. The van der Waals surface area contributed by atoms with Crippen LogP contribution < -0.4 is 5.32 Å². The number of imide groups is 1. The summed E-state index contributed by atoms with van der Waals surface area (Å²) in [4.78, 5) is 35.6. The number of carbonyl (C=O) groups is 3. The molecule has 0 bridgehead atoms. The van der Waals surface area contributed by atoms with E-state index in [1.807, 2.05) is 0 Å². The Morgan fingerprint density at radius 2 is 1.71 bits per heavy atom. The zero-order valence-corrected chi connectivity index (χ0v) is 12.5. The molecular formula is C13H22N2O6. The van der Waals surface area contributed by atoms with Crippen LogP contribution in [0.15, 0.2) is 0 Å². The number of nitrogens with one attached hydrogen (secondary N) is 1. The van der Waals surface area contributed by atoms with E-state index in [4.69, 9.17) is 14.6 Å². The number of amides is 3. The van der Waals surface area contributed by atoms with E-state index in [-0.39, 0.29) is 31.0 Å². The molecule has 0 spiro atoms. The quantitative estimate of drug-likeness (QED) is 0.719. The summed E-state index contributed by atoms with van der Waals surface area (Å²) >= 11 is 0. The molecule has 1 fully saturated rings. The van der Waals surface area contributed by atoms with Crippen molar-refractivity contribution in [1.29, 1.82) is 0 Å². The standard InChI is InChI=1S/C13H22N2O6/c1-8(5-12(17)18)4-11(16)14-13(19)15-6-9(20-2)10(7-15)21-3/h8-10H,4-7H2,1-3H3,(H,17,18)(H,14,16,19). The Balaban J connectivity index is 2.43. The van der Waals surface area contributed by atoms with Crippen LogP contribution in [0.1, 0.15) is 19.8 Å². The molecule has 0 aromatic heterocycles. The van der Waals surface area contributed by atoms with Crippen LogP contribution in [0.3, 0.4) is 0 Å². The first-order valence-corrected chi connectivity index (χ1v) is 6.73. The van der Waals surface area contributed by atoms with Crippen LogP contribution in [0.4, 0.5) is 4.79 Å². The Kier molecular flexibility index (Phi) is 6.57. The maximum atomic E-state index is 11.9. The van der Waals surface area contributed by atoms with Gasteiger partial charge in [0, 0.05) is 27.1 Å². The van der Waals surface area contributed by atoms with Gasteiger partial charge >= 0.3 is 12.0 Å². The number of hydrogen-bond acceptors (Lipinski definition) is 5. The average Bonchev–Trinajstić information content (AvgIpc) is 2.80. The molecule has 0 radical (unpaired) electrons. The zero-order chi connectivity index (χ0) is 16.0. The zero-order valence-electron chi connectivity index (χ0n) is 12.5. The number of aliphatic carboxylic acids is 1. The molecule has 1 aliphatic rings. The predicted molar refractivity (Wildman–Crippen MR) is 72.7 cm³/mol. The van der Waals surface area contributed by atoms with E-state index >= 15 is 0 Å². The van der Waals surface area contributed by atoms with Crippen LogP contribution in [0.25, 0.3) is 0 Å². The van der Waals surface area contributed by atoms with Crippen LogP contribution in [0.5, 0.6) is 0 Å². The summed E-state index contributed by atoms with van der Waals surface area (Å²) in [6.45, 7) is 2.34. The molecule has 8 heteroatoms. The molecule has 3 amide bonds. The highest BCUT2D eigenvalue weighted by Crippen LogP contribution is 2.15. The van der Waals surface area contributed by atoms with Gasteiger partial charge in [-0.15, -0.1) is 0 Å². The Hall–Kier alpha value is -1.67. The maximum absolute atomic E-state index is 11.9. The fourth-order valence-electron chi connectivity index (χ4n) is 2.30. The van der Waals surface area contributed by atoms with Crippen molar-refractivity contribution in [2.45, 2.75) is 32.0 Å². The van der Waals surface area contributed by atoms with Crippen molar-refractivity contribution >= 4 is 17.9 Å². The second kappa shape index (κ2) is 7.94. The minimum Gasteiger partial charge on any atom is -0.481 e. The fraction of sp³-hybridized carbons (Fsp3) is 0.769. The Bertz CT molecular complexity index is 388. The third kappa shape index (κ3) is 5.31. The van der Waals surface area contributed by atoms with Crippen LogP contribution in [0.2, 0.25) is 0 Å². The van der Waals surface area contributed by atoms with Crippen LogP contribution in [-0.2, 0) is 19.1 Å². The Morgan fingerprint density at radius 3 is 2.14 bits per heavy atom. The van der Waals surface area contributed by atoms with Crippen molar-refractivity contribution in [2.75, 3.05) is 27.3 Å². The number of nitrogens with zero attached hydrogens (tertiary/aromatic N) is 1. The third-order valence-corrected chi connectivity index (χ3v) is 3.41. The molecule has 8 nitrogen and oxygen atoms in total. The molecule has 1 saturated heterocycles. The average molecular weight is 302 g/mol. The highest BCUT2D eigenvalue weighted by Gasteiger charge is 2.36. The van der Waals surface area contributed by atoms with Crippen LogP contribution in [0, 0.1) is 5.92 Å². The SMILES string of the molecule is COC1CN(C(=O)NC(=O)CC(C)CC(=O)O)CC1OC. The lowest BCUT2D eigenvalue weighted by Crippen LogP contribution is -2.42. The molecule has 0 saturated carbocycles. The third-order valence-electron chi connectivity index (χ3n) is 3.41. The van der Waals surface area contributed by atoms with Gasteiger partial charge in [-0.2, -0.15) is 0 Å². The van der Waals surface area contributed by atoms with E-state index in [9.17, 15) is 14.4 Å². The maximum Gasteiger partial charge on any atom is 0.324 e. The van der Waals surface area contributed by atoms with Gasteiger partial charge in [0.05, 0.1) is 13.1 Å². The van der Waals surface area contributed by atoms with E-state index in [2.05, 4.69) is 5.32 Å².